The van der Waals surface area contributed by atoms with Crippen LogP contribution in [0.25, 0.3) is 0 Å². The second-order valence-corrected chi connectivity index (χ2v) is 6.14. The van der Waals surface area contributed by atoms with Crippen molar-refractivity contribution in [2.24, 2.45) is 28.7 Å². The maximum atomic E-state index is 6.38. The molecule has 2 aromatic rings. The van der Waals surface area contributed by atoms with E-state index >= 15 is 0 Å². The summed E-state index contributed by atoms with van der Waals surface area (Å²) in [6.07, 6.45) is 1.58. The van der Waals surface area contributed by atoms with E-state index in [0.29, 0.717) is 0 Å². The van der Waals surface area contributed by atoms with Crippen LogP contribution in [0.15, 0.2) is 34.5 Å². The minimum absolute atomic E-state index is 0. The van der Waals surface area contributed by atoms with Crippen molar-refractivity contribution in [1.29, 1.82) is 0 Å². The Morgan fingerprint density at radius 2 is 2.00 bits per heavy atom. The zero-order chi connectivity index (χ0) is 16.6. The Balaban J connectivity index is 0.00000208. The van der Waals surface area contributed by atoms with Crippen LogP contribution in [0.3, 0.4) is 0 Å². The van der Waals surface area contributed by atoms with Gasteiger partial charge in [0.15, 0.2) is 0 Å². The minimum atomic E-state index is -0.0551. The van der Waals surface area contributed by atoms with Crippen LogP contribution < -0.4 is 11.5 Å². The molecule has 1 aliphatic carbocycles. The molecule has 0 aliphatic heterocycles. The van der Waals surface area contributed by atoms with Crippen LogP contribution in [0.4, 0.5) is 0 Å². The van der Waals surface area contributed by atoms with E-state index in [9.17, 15) is 0 Å². The number of hydrogen-bond donors (Lipinski definition) is 2. The molecule has 0 radical (unpaired) electrons. The average Bonchev–Trinajstić information content (AvgIpc) is 2.80. The summed E-state index contributed by atoms with van der Waals surface area (Å²) in [6, 6.07) is 7.90. The van der Waals surface area contributed by atoms with Gasteiger partial charge in [-0.25, -0.2) is 0 Å². The fourth-order valence-electron chi connectivity index (χ4n) is 3.19. The summed E-state index contributed by atoms with van der Waals surface area (Å²) in [4.78, 5) is 0. The van der Waals surface area contributed by atoms with Gasteiger partial charge in [0.05, 0.1) is 11.4 Å². The monoisotopic (exact) mass is 366 g/mol. The molecular weight excluding hydrogens is 347 g/mol. The van der Waals surface area contributed by atoms with Crippen molar-refractivity contribution in [2.75, 3.05) is 0 Å². The molecule has 0 spiro atoms. The van der Waals surface area contributed by atoms with Crippen LogP contribution in [0.2, 0.25) is 5.02 Å². The third-order valence-electron chi connectivity index (χ3n) is 4.14. The second kappa shape index (κ2) is 7.23. The predicted molar refractivity (Wildman–Crippen MR) is 100 cm³/mol. The number of nitrogens with two attached hydrogens (primary N) is 2. The molecule has 0 saturated heterocycles. The zero-order valence-electron chi connectivity index (χ0n) is 13.5. The molecule has 3 rings (SSSR count). The lowest BCUT2D eigenvalue weighted by Gasteiger charge is -2.25. The first-order chi connectivity index (χ1) is 11.0. The fraction of sp³-hybridized carbons (Fsp3) is 0.312. The summed E-state index contributed by atoms with van der Waals surface area (Å²) >= 11 is 6.38. The van der Waals surface area contributed by atoms with Gasteiger partial charge in [0.25, 0.3) is 0 Å². The topological polar surface area (TPSA) is 94.6 Å². The van der Waals surface area contributed by atoms with Gasteiger partial charge >= 0.3 is 0 Å². The Kier molecular flexibility index (Phi) is 5.51. The summed E-state index contributed by atoms with van der Waals surface area (Å²) < 4.78 is 1.90. The molecule has 0 saturated carbocycles. The van der Waals surface area contributed by atoms with Crippen LogP contribution in [-0.4, -0.2) is 21.5 Å². The largest absolute Gasteiger partial charge is 0.369 e. The Morgan fingerprint density at radius 1 is 1.29 bits per heavy atom. The molecule has 24 heavy (non-hydrogen) atoms. The van der Waals surface area contributed by atoms with Crippen LogP contribution in [0.1, 0.15) is 34.9 Å². The second-order valence-electron chi connectivity index (χ2n) is 5.73. The maximum Gasteiger partial charge on any atom is 0.211 e. The van der Waals surface area contributed by atoms with Gasteiger partial charge < -0.3 is 11.5 Å². The standard InChI is InChI=1S/C16H19ClN6.ClH/c1-9-15-13(20-21-16(18)19)7-10(8-14(15)23(2)22-9)11-5-3-4-6-12(11)17;/h3-6,10H,7-8H2,1-2H3,(H4,18,19,21);1H. The van der Waals surface area contributed by atoms with E-state index in [4.69, 9.17) is 23.1 Å². The fourth-order valence-corrected chi connectivity index (χ4v) is 3.48. The van der Waals surface area contributed by atoms with Crippen molar-refractivity contribution >= 4 is 35.7 Å². The van der Waals surface area contributed by atoms with Crippen molar-refractivity contribution in [1.82, 2.24) is 9.78 Å². The molecule has 1 aromatic carbocycles. The van der Waals surface area contributed by atoms with Crippen molar-refractivity contribution in [3.05, 3.63) is 51.8 Å². The summed E-state index contributed by atoms with van der Waals surface area (Å²) in [6.45, 7) is 1.97. The highest BCUT2D eigenvalue weighted by Gasteiger charge is 2.30. The van der Waals surface area contributed by atoms with E-state index < -0.39 is 0 Å². The van der Waals surface area contributed by atoms with E-state index in [2.05, 4.69) is 21.4 Å². The summed E-state index contributed by atoms with van der Waals surface area (Å²) in [5.41, 5.74) is 15.9. The molecule has 0 bridgehead atoms. The van der Waals surface area contributed by atoms with Gasteiger partial charge in [-0.15, -0.1) is 17.5 Å². The van der Waals surface area contributed by atoms with Crippen molar-refractivity contribution in [3.63, 3.8) is 0 Å². The number of fused-ring (bicyclic) bond motifs is 1. The molecule has 1 aromatic heterocycles. The summed E-state index contributed by atoms with van der Waals surface area (Å²) in [7, 11) is 1.94. The lowest BCUT2D eigenvalue weighted by atomic mass is 9.81. The van der Waals surface area contributed by atoms with Crippen LogP contribution in [0, 0.1) is 6.92 Å². The predicted octanol–water partition coefficient (Wildman–Crippen LogP) is 2.51. The minimum Gasteiger partial charge on any atom is -0.369 e. The lowest BCUT2D eigenvalue weighted by molar-refractivity contribution is 0.625. The van der Waals surface area contributed by atoms with E-state index in [0.717, 1.165) is 46.1 Å². The third-order valence-corrected chi connectivity index (χ3v) is 4.48. The number of aryl methyl sites for hydroxylation is 2. The summed E-state index contributed by atoms with van der Waals surface area (Å²) in [5.74, 6) is 0.166. The molecule has 0 amide bonds. The number of aromatic nitrogens is 2. The molecule has 4 N–H and O–H groups in total. The van der Waals surface area contributed by atoms with E-state index in [1.54, 1.807) is 0 Å². The highest BCUT2D eigenvalue weighted by molar-refractivity contribution is 6.31. The lowest BCUT2D eigenvalue weighted by Crippen LogP contribution is -2.24. The van der Waals surface area contributed by atoms with E-state index in [-0.39, 0.29) is 24.3 Å². The van der Waals surface area contributed by atoms with Gasteiger partial charge in [-0.05, 0) is 37.3 Å². The molecular formula is C16H20Cl2N6. The van der Waals surface area contributed by atoms with Crippen molar-refractivity contribution in [3.8, 4) is 0 Å². The van der Waals surface area contributed by atoms with Gasteiger partial charge in [0.1, 0.15) is 0 Å². The number of rotatable bonds is 2. The number of halogens is 2. The van der Waals surface area contributed by atoms with Gasteiger partial charge in [-0.2, -0.15) is 10.2 Å². The molecule has 6 nitrogen and oxygen atoms in total. The van der Waals surface area contributed by atoms with Gasteiger partial charge in [0, 0.05) is 23.3 Å². The SMILES string of the molecule is Cc1nn(C)c2c1C(=NN=C(N)N)CC(c1ccccc1Cl)C2.Cl. The molecule has 1 unspecified atom stereocenters. The van der Waals surface area contributed by atoms with Crippen LogP contribution in [0.5, 0.6) is 0 Å². The number of guanidine groups is 1. The molecule has 1 atom stereocenters. The Morgan fingerprint density at radius 3 is 2.67 bits per heavy atom. The first-order valence-electron chi connectivity index (χ1n) is 7.40. The highest BCUT2D eigenvalue weighted by atomic mass is 35.5. The molecule has 1 heterocycles. The average molecular weight is 367 g/mol. The Bertz CT molecular complexity index is 805. The first-order valence-corrected chi connectivity index (χ1v) is 7.78. The van der Waals surface area contributed by atoms with Crippen LogP contribution >= 0.6 is 24.0 Å². The Labute approximate surface area is 152 Å². The molecule has 128 valence electrons. The van der Waals surface area contributed by atoms with Gasteiger partial charge in [-0.3, -0.25) is 4.68 Å². The summed E-state index contributed by atoms with van der Waals surface area (Å²) in [5, 5.41) is 13.4. The quantitative estimate of drug-likeness (QED) is 0.485. The van der Waals surface area contributed by atoms with E-state index in [1.165, 1.54) is 0 Å². The van der Waals surface area contributed by atoms with Gasteiger partial charge in [0.2, 0.25) is 5.96 Å². The maximum absolute atomic E-state index is 6.38. The zero-order valence-corrected chi connectivity index (χ0v) is 15.1. The molecule has 1 aliphatic rings. The molecule has 0 fully saturated rings. The first kappa shape index (κ1) is 18.3. The van der Waals surface area contributed by atoms with Gasteiger partial charge in [-0.1, -0.05) is 29.8 Å². The highest BCUT2D eigenvalue weighted by Crippen LogP contribution is 2.37. The normalized spacial score (nSPS) is 18.0. The van der Waals surface area contributed by atoms with Crippen molar-refractivity contribution in [2.45, 2.75) is 25.7 Å². The van der Waals surface area contributed by atoms with Crippen LogP contribution in [-0.2, 0) is 13.5 Å². The van der Waals surface area contributed by atoms with Crippen molar-refractivity contribution < 1.29 is 0 Å². The smallest absolute Gasteiger partial charge is 0.211 e. The third kappa shape index (κ3) is 3.39. The molecule has 8 heteroatoms. The Hall–Kier alpha value is -2.05. The van der Waals surface area contributed by atoms with E-state index in [1.807, 2.05) is 36.9 Å². The number of nitrogens with zero attached hydrogens (tertiary/aromatic N) is 4. The number of benzene rings is 1. The number of hydrogen-bond acceptors (Lipinski definition) is 3.